The van der Waals surface area contributed by atoms with Gasteiger partial charge in [-0.25, -0.2) is 0 Å². The van der Waals surface area contributed by atoms with E-state index in [1.54, 1.807) is 13.8 Å². The maximum Gasteiger partial charge on any atom is 0.245 e. The predicted molar refractivity (Wildman–Crippen MR) is 71.5 cm³/mol. The van der Waals surface area contributed by atoms with Crippen LogP contribution in [0.1, 0.15) is 33.1 Å². The summed E-state index contributed by atoms with van der Waals surface area (Å²) in [5, 5.41) is 12.1. The number of morpholine rings is 1. The van der Waals surface area contributed by atoms with Crippen LogP contribution in [0.5, 0.6) is 0 Å². The zero-order valence-corrected chi connectivity index (χ0v) is 12.0. The third-order valence-corrected chi connectivity index (χ3v) is 4.04. The van der Waals surface area contributed by atoms with Gasteiger partial charge in [0.15, 0.2) is 0 Å². The predicted octanol–water partition coefficient (Wildman–Crippen LogP) is 0.432. The Morgan fingerprint density at radius 2 is 2.20 bits per heavy atom. The molecule has 0 radical (unpaired) electrons. The molecule has 0 spiro atoms. The third kappa shape index (κ3) is 2.93. The molecule has 6 heteroatoms. The monoisotopic (exact) mass is 279 g/mol. The third-order valence-electron chi connectivity index (χ3n) is 4.04. The first-order chi connectivity index (χ1) is 9.51. The number of hydrogen-bond acceptors (Lipinski definition) is 4. The van der Waals surface area contributed by atoms with E-state index in [4.69, 9.17) is 4.74 Å². The second-order valence-electron chi connectivity index (χ2n) is 5.67. The van der Waals surface area contributed by atoms with E-state index in [9.17, 15) is 14.9 Å². The zero-order chi connectivity index (χ0) is 14.8. The highest BCUT2D eigenvalue weighted by atomic mass is 16.5. The van der Waals surface area contributed by atoms with Crippen molar-refractivity contribution in [1.29, 1.82) is 5.26 Å². The first-order valence-corrected chi connectivity index (χ1v) is 7.12. The van der Waals surface area contributed by atoms with Crippen molar-refractivity contribution in [1.82, 2.24) is 10.2 Å². The summed E-state index contributed by atoms with van der Waals surface area (Å²) in [6, 6.07) is 1.70. The Hall–Kier alpha value is -1.61. The van der Waals surface area contributed by atoms with Crippen LogP contribution in [0.2, 0.25) is 0 Å². The Kier molecular flexibility index (Phi) is 4.29. The Bertz CT molecular complexity index is 441. The average Bonchev–Trinajstić information content (AvgIpc) is 3.29. The molecule has 0 aromatic heterocycles. The van der Waals surface area contributed by atoms with Crippen LogP contribution < -0.4 is 5.32 Å². The molecule has 6 nitrogen and oxygen atoms in total. The highest BCUT2D eigenvalue weighted by molar-refractivity contribution is 5.91. The number of nitrogens with zero attached hydrogens (tertiary/aromatic N) is 2. The lowest BCUT2D eigenvalue weighted by molar-refractivity contribution is -0.153. The maximum absolute atomic E-state index is 12.6. The molecular formula is C14H21N3O3. The quantitative estimate of drug-likeness (QED) is 0.809. The Morgan fingerprint density at radius 1 is 1.50 bits per heavy atom. The minimum absolute atomic E-state index is 0.169. The van der Waals surface area contributed by atoms with Crippen molar-refractivity contribution >= 4 is 11.8 Å². The molecule has 0 aromatic rings. The summed E-state index contributed by atoms with van der Waals surface area (Å²) in [6.45, 7) is 4.40. The van der Waals surface area contributed by atoms with Crippen LogP contribution in [0.15, 0.2) is 0 Å². The fourth-order valence-electron chi connectivity index (χ4n) is 2.18. The van der Waals surface area contributed by atoms with Gasteiger partial charge in [-0.2, -0.15) is 5.26 Å². The lowest BCUT2D eigenvalue weighted by Crippen LogP contribution is -2.58. The van der Waals surface area contributed by atoms with E-state index < -0.39 is 11.5 Å². The van der Waals surface area contributed by atoms with Crippen LogP contribution in [0.3, 0.4) is 0 Å². The minimum Gasteiger partial charge on any atom is -0.377 e. The standard InChI is InChI=1S/C14H21N3O3/c1-3-14(2,9-15)13(19)17-6-7-20-8-11(17)12(18)16-10-4-5-10/h10-11H,3-8H2,1-2H3,(H,16,18). The molecule has 1 N–H and O–H groups in total. The van der Waals surface area contributed by atoms with E-state index in [0.29, 0.717) is 19.6 Å². The van der Waals surface area contributed by atoms with E-state index in [2.05, 4.69) is 11.4 Å². The summed E-state index contributed by atoms with van der Waals surface area (Å²) >= 11 is 0. The highest BCUT2D eigenvalue weighted by Crippen LogP contribution is 2.26. The molecule has 1 saturated heterocycles. The molecule has 2 atom stereocenters. The lowest BCUT2D eigenvalue weighted by Gasteiger charge is -2.38. The molecule has 1 aliphatic carbocycles. The van der Waals surface area contributed by atoms with Gasteiger partial charge in [-0.05, 0) is 26.2 Å². The smallest absolute Gasteiger partial charge is 0.245 e. The van der Waals surface area contributed by atoms with E-state index in [0.717, 1.165) is 12.8 Å². The molecule has 0 bridgehead atoms. The van der Waals surface area contributed by atoms with E-state index in [-0.39, 0.29) is 24.5 Å². The first-order valence-electron chi connectivity index (χ1n) is 7.12. The number of nitrogens with one attached hydrogen (secondary N) is 1. The van der Waals surface area contributed by atoms with Crippen molar-refractivity contribution in [3.63, 3.8) is 0 Å². The Morgan fingerprint density at radius 3 is 2.75 bits per heavy atom. The molecule has 1 aliphatic heterocycles. The van der Waals surface area contributed by atoms with Gasteiger partial charge in [0.25, 0.3) is 0 Å². The van der Waals surface area contributed by atoms with Gasteiger partial charge in [-0.15, -0.1) is 0 Å². The van der Waals surface area contributed by atoms with Gasteiger partial charge < -0.3 is 15.0 Å². The maximum atomic E-state index is 12.6. The molecular weight excluding hydrogens is 258 g/mol. The lowest BCUT2D eigenvalue weighted by atomic mass is 9.87. The summed E-state index contributed by atoms with van der Waals surface area (Å²) < 4.78 is 5.33. The van der Waals surface area contributed by atoms with Crippen LogP contribution >= 0.6 is 0 Å². The molecule has 110 valence electrons. The Balaban J connectivity index is 2.11. The average molecular weight is 279 g/mol. The fraction of sp³-hybridized carbons (Fsp3) is 0.786. The number of rotatable bonds is 4. The van der Waals surface area contributed by atoms with Crippen LogP contribution in [0.4, 0.5) is 0 Å². The number of amides is 2. The van der Waals surface area contributed by atoms with Crippen LogP contribution in [0.25, 0.3) is 0 Å². The van der Waals surface area contributed by atoms with Crippen LogP contribution in [-0.4, -0.2) is 48.6 Å². The van der Waals surface area contributed by atoms with Crippen LogP contribution in [0, 0.1) is 16.7 Å². The topological polar surface area (TPSA) is 82.4 Å². The summed E-state index contributed by atoms with van der Waals surface area (Å²) in [6.07, 6.45) is 2.42. The van der Waals surface area contributed by atoms with Crippen molar-refractivity contribution in [3.05, 3.63) is 0 Å². The largest absolute Gasteiger partial charge is 0.377 e. The second-order valence-corrected chi connectivity index (χ2v) is 5.67. The molecule has 1 saturated carbocycles. The van der Waals surface area contributed by atoms with E-state index in [1.165, 1.54) is 4.90 Å². The van der Waals surface area contributed by atoms with Crippen LogP contribution in [-0.2, 0) is 14.3 Å². The number of hydrogen-bond donors (Lipinski definition) is 1. The number of carbonyl (C=O) groups is 2. The van der Waals surface area contributed by atoms with Gasteiger partial charge in [0.1, 0.15) is 11.5 Å². The zero-order valence-electron chi connectivity index (χ0n) is 12.0. The van der Waals surface area contributed by atoms with E-state index in [1.807, 2.05) is 0 Å². The van der Waals surface area contributed by atoms with Gasteiger partial charge in [0.05, 0.1) is 19.3 Å². The van der Waals surface area contributed by atoms with Gasteiger partial charge in [0.2, 0.25) is 11.8 Å². The number of carbonyl (C=O) groups excluding carboxylic acids is 2. The molecule has 2 amide bonds. The van der Waals surface area contributed by atoms with Crippen molar-refractivity contribution in [2.24, 2.45) is 5.41 Å². The fourth-order valence-corrected chi connectivity index (χ4v) is 2.18. The molecule has 1 heterocycles. The molecule has 2 aliphatic rings. The summed E-state index contributed by atoms with van der Waals surface area (Å²) in [5.74, 6) is -0.446. The summed E-state index contributed by atoms with van der Waals surface area (Å²) in [4.78, 5) is 26.3. The molecule has 0 aromatic carbocycles. The molecule has 2 rings (SSSR count). The van der Waals surface area contributed by atoms with Gasteiger partial charge in [0, 0.05) is 12.6 Å². The Labute approximate surface area is 119 Å². The second kappa shape index (κ2) is 5.80. The van der Waals surface area contributed by atoms with Gasteiger partial charge >= 0.3 is 0 Å². The van der Waals surface area contributed by atoms with E-state index >= 15 is 0 Å². The molecule has 20 heavy (non-hydrogen) atoms. The summed E-state index contributed by atoms with van der Waals surface area (Å²) in [7, 11) is 0. The minimum atomic E-state index is -1.07. The molecule has 2 unspecified atom stereocenters. The van der Waals surface area contributed by atoms with Gasteiger partial charge in [-0.3, -0.25) is 9.59 Å². The van der Waals surface area contributed by atoms with Crippen molar-refractivity contribution < 1.29 is 14.3 Å². The highest BCUT2D eigenvalue weighted by Gasteiger charge is 2.42. The van der Waals surface area contributed by atoms with Crippen molar-refractivity contribution in [2.45, 2.75) is 45.2 Å². The summed E-state index contributed by atoms with van der Waals surface area (Å²) in [5.41, 5.74) is -1.07. The number of ether oxygens (including phenoxy) is 1. The number of nitriles is 1. The normalized spacial score (nSPS) is 25.4. The van der Waals surface area contributed by atoms with Crippen molar-refractivity contribution in [3.8, 4) is 6.07 Å². The van der Waals surface area contributed by atoms with Gasteiger partial charge in [-0.1, -0.05) is 6.92 Å². The molecule has 2 fully saturated rings. The first kappa shape index (κ1) is 14.8. The SMILES string of the molecule is CCC(C)(C#N)C(=O)N1CCOCC1C(=O)NC1CC1. The van der Waals surface area contributed by atoms with Crippen molar-refractivity contribution in [2.75, 3.05) is 19.8 Å².